The van der Waals surface area contributed by atoms with Crippen molar-refractivity contribution in [1.29, 1.82) is 0 Å². The number of carbonyl (C=O) groups is 1. The third kappa shape index (κ3) is 21.7. The molecule has 2 fully saturated rings. The van der Waals surface area contributed by atoms with Crippen LogP contribution in [0, 0.1) is 16.7 Å². The van der Waals surface area contributed by atoms with Crippen LogP contribution in [-0.2, 0) is 46.5 Å². The SMILES string of the molecule is CCCCC(CC)C(=O)[O-].CCCCC1(CCCC)COP(=S)(S)OC1.CCCCC1(CCCC)COP(=S)(S)OC1.[Bi+3]. The van der Waals surface area contributed by atoms with Crippen molar-refractivity contribution in [2.24, 2.45) is 16.7 Å². The van der Waals surface area contributed by atoms with Crippen LogP contribution in [0.25, 0.3) is 0 Å². The Morgan fingerprint density at radius 3 is 1.16 bits per heavy atom. The first-order valence-corrected chi connectivity index (χ1v) is 23.8. The number of rotatable bonds is 17. The van der Waals surface area contributed by atoms with Gasteiger partial charge in [-0.1, -0.05) is 130 Å². The van der Waals surface area contributed by atoms with E-state index in [1.54, 1.807) is 0 Å². The van der Waals surface area contributed by atoms with E-state index in [-0.39, 0.29) is 43.0 Å². The fourth-order valence-electron chi connectivity index (χ4n) is 5.01. The van der Waals surface area contributed by atoms with Gasteiger partial charge < -0.3 is 28.0 Å². The van der Waals surface area contributed by atoms with Crippen molar-refractivity contribution in [3.05, 3.63) is 0 Å². The third-order valence-electron chi connectivity index (χ3n) is 8.11. The molecular formula is C30H61BiO6P2S4+2. The van der Waals surface area contributed by atoms with E-state index in [4.69, 9.17) is 41.7 Å². The van der Waals surface area contributed by atoms with Crippen molar-refractivity contribution in [1.82, 2.24) is 0 Å². The van der Waals surface area contributed by atoms with Crippen LogP contribution < -0.4 is 5.11 Å². The summed E-state index contributed by atoms with van der Waals surface area (Å²) in [5.41, 5.74) is -4.00. The van der Waals surface area contributed by atoms with Crippen molar-refractivity contribution >= 4 is 91.7 Å². The first-order valence-electron chi connectivity index (χ1n) is 16.2. The predicted octanol–water partition coefficient (Wildman–Crippen LogP) is 9.68. The molecule has 0 bridgehead atoms. The molecule has 0 spiro atoms. The van der Waals surface area contributed by atoms with Gasteiger partial charge in [-0.2, -0.15) is 0 Å². The molecule has 0 aromatic rings. The van der Waals surface area contributed by atoms with E-state index < -0.39 is 17.4 Å². The zero-order valence-corrected chi connectivity index (χ0v) is 36.4. The van der Waals surface area contributed by atoms with Gasteiger partial charge in [-0.3, -0.25) is 0 Å². The molecule has 43 heavy (non-hydrogen) atoms. The van der Waals surface area contributed by atoms with Crippen molar-refractivity contribution < 1.29 is 28.0 Å². The van der Waals surface area contributed by atoms with E-state index in [0.717, 1.165) is 45.7 Å². The molecule has 1 atom stereocenters. The fourth-order valence-corrected chi connectivity index (χ4v) is 8.23. The summed E-state index contributed by atoms with van der Waals surface area (Å²) >= 11 is 18.8. The number of unbranched alkanes of at least 4 members (excludes halogenated alkanes) is 5. The van der Waals surface area contributed by atoms with Crippen molar-refractivity contribution in [2.45, 2.75) is 144 Å². The van der Waals surface area contributed by atoms with E-state index >= 15 is 0 Å². The largest absolute Gasteiger partial charge is 3.00 e. The summed E-state index contributed by atoms with van der Waals surface area (Å²) in [7, 11) is 0. The molecule has 0 saturated carbocycles. The molecule has 6 nitrogen and oxygen atoms in total. The summed E-state index contributed by atoms with van der Waals surface area (Å²) in [6.07, 6.45) is 18.1. The maximum Gasteiger partial charge on any atom is 3.00 e. The Bertz CT molecular complexity index is 728. The molecule has 0 aliphatic carbocycles. The summed E-state index contributed by atoms with van der Waals surface area (Å²) in [5.74, 6) is -1.11. The molecule has 0 aromatic heterocycles. The second-order valence-electron chi connectivity index (χ2n) is 12.0. The van der Waals surface area contributed by atoms with E-state index in [1.807, 2.05) is 6.92 Å². The van der Waals surface area contributed by atoms with Gasteiger partial charge in [-0.05, 0) is 68.1 Å². The van der Waals surface area contributed by atoms with Crippen LogP contribution in [-0.4, -0.2) is 58.6 Å². The quantitative estimate of drug-likeness (QED) is 0.0850. The van der Waals surface area contributed by atoms with E-state index in [0.29, 0.717) is 6.42 Å². The predicted molar refractivity (Wildman–Crippen MR) is 197 cm³/mol. The van der Waals surface area contributed by atoms with Crippen LogP contribution in [0.2, 0.25) is 0 Å². The van der Waals surface area contributed by atoms with Crippen LogP contribution in [0.1, 0.15) is 144 Å². The summed E-state index contributed by atoms with van der Waals surface area (Å²) in [5, 5.41) is 10.3. The van der Waals surface area contributed by atoms with Gasteiger partial charge in [0, 0.05) is 16.8 Å². The summed E-state index contributed by atoms with van der Waals surface area (Å²) in [4.78, 5) is 10.3. The Balaban J connectivity index is 0. The Hall–Kier alpha value is 2.19. The van der Waals surface area contributed by atoms with Gasteiger partial charge >= 0.3 is 26.2 Å². The van der Waals surface area contributed by atoms with Crippen LogP contribution >= 0.6 is 35.9 Å². The van der Waals surface area contributed by atoms with Crippen LogP contribution in [0.15, 0.2) is 0 Å². The summed E-state index contributed by atoms with van der Waals surface area (Å²) in [6, 6.07) is 0. The van der Waals surface area contributed by atoms with Gasteiger partial charge in [0.2, 0.25) is 11.4 Å². The maximum atomic E-state index is 10.3. The third-order valence-corrected chi connectivity index (χ3v) is 12.6. The molecular weight excluding hydrogens is 856 g/mol. The molecule has 254 valence electrons. The number of carbonyl (C=O) groups excluding carboxylic acids is 1. The van der Waals surface area contributed by atoms with Crippen LogP contribution in [0.3, 0.4) is 0 Å². The Morgan fingerprint density at radius 2 is 0.953 bits per heavy atom. The average molecular weight is 917 g/mol. The Labute approximate surface area is 304 Å². The smallest absolute Gasteiger partial charge is 0.550 e. The fraction of sp³-hybridized carbons (Fsp3) is 0.967. The zero-order valence-electron chi connectivity index (χ0n) is 27.7. The Morgan fingerprint density at radius 1 is 0.674 bits per heavy atom. The Kier molecular flexibility index (Phi) is 28.7. The van der Waals surface area contributed by atoms with Gasteiger partial charge in [0.25, 0.3) is 0 Å². The van der Waals surface area contributed by atoms with E-state index in [2.05, 4.69) is 59.1 Å². The molecule has 2 aliphatic rings. The minimum atomic E-state index is -2.20. The number of thiol groups is 2. The normalized spacial score (nSPS) is 20.3. The van der Waals surface area contributed by atoms with Crippen molar-refractivity contribution in [2.75, 3.05) is 26.4 Å². The average Bonchev–Trinajstić information content (AvgIpc) is 2.96. The van der Waals surface area contributed by atoms with Crippen LogP contribution in [0.4, 0.5) is 0 Å². The first-order chi connectivity index (χ1) is 19.8. The first kappa shape index (κ1) is 47.3. The molecule has 13 heteroatoms. The standard InChI is InChI=1S/2C11H23O2PS2.C8H16O2.Bi/c2*1-3-5-7-11(8-6-4-2)9-12-14(15,16)13-10-11;1-3-5-6-7(4-2)8(9)10;/h2*3-10H2,1-2H3,(H,15,16);7H,3-6H2,1-2H3,(H,9,10);/q;;;+3/p-1. The molecule has 2 rings (SSSR count). The number of aliphatic carboxylic acids is 1. The van der Waals surface area contributed by atoms with Gasteiger partial charge in [0.1, 0.15) is 0 Å². The van der Waals surface area contributed by atoms with Crippen LogP contribution in [0.5, 0.6) is 0 Å². The van der Waals surface area contributed by atoms with Gasteiger partial charge in [-0.25, -0.2) is 0 Å². The second-order valence-corrected chi connectivity index (χ2v) is 22.6. The number of hydrogen-bond acceptors (Lipinski definition) is 8. The molecule has 1 unspecified atom stereocenters. The van der Waals surface area contributed by atoms with Crippen molar-refractivity contribution in [3.63, 3.8) is 0 Å². The maximum absolute atomic E-state index is 10.3. The van der Waals surface area contributed by atoms with E-state index in [1.165, 1.54) is 77.0 Å². The molecule has 2 aliphatic heterocycles. The molecule has 0 aromatic carbocycles. The molecule has 0 amide bonds. The second kappa shape index (κ2) is 26.1. The minimum Gasteiger partial charge on any atom is -0.550 e. The van der Waals surface area contributed by atoms with Gasteiger partial charge in [0.05, 0.1) is 26.4 Å². The summed E-state index contributed by atoms with van der Waals surface area (Å²) in [6.45, 7) is 15.8. The minimum absolute atomic E-state index is 0. The number of carboxylic acids is 1. The van der Waals surface area contributed by atoms with Crippen molar-refractivity contribution in [3.8, 4) is 0 Å². The monoisotopic (exact) mass is 916 g/mol. The zero-order chi connectivity index (χ0) is 32.1. The number of hydrogen-bond donors (Lipinski definition) is 2. The molecule has 0 N–H and O–H groups in total. The molecule has 2 heterocycles. The summed E-state index contributed by atoms with van der Waals surface area (Å²) < 4.78 is 22.6. The van der Waals surface area contributed by atoms with E-state index in [9.17, 15) is 9.90 Å². The van der Waals surface area contributed by atoms with Gasteiger partial charge in [-0.15, -0.1) is 0 Å². The topological polar surface area (TPSA) is 77.1 Å². The van der Waals surface area contributed by atoms with Gasteiger partial charge in [0.15, 0.2) is 0 Å². The molecule has 2 saturated heterocycles. The number of carboxylic acid groups (broad SMARTS) is 1. The molecule has 2 radical (unpaired) electrons.